The number of nitrogens with one attached hydrogen (secondary N) is 1. The zero-order valence-electron chi connectivity index (χ0n) is 13.2. The van der Waals surface area contributed by atoms with E-state index in [-0.39, 0.29) is 11.4 Å². The predicted molar refractivity (Wildman–Crippen MR) is 90.6 cm³/mol. The molecule has 0 aliphatic carbocycles. The number of halogens is 2. The minimum Gasteiger partial charge on any atom is -0.365 e. The number of nitrogens with two attached hydrogens (primary N) is 2. The maximum atomic E-state index is 13.3. The predicted octanol–water partition coefficient (Wildman–Crippen LogP) is 2.41. The largest absolute Gasteiger partial charge is 0.365 e. The van der Waals surface area contributed by atoms with Gasteiger partial charge < -0.3 is 11.5 Å². The second kappa shape index (κ2) is 6.63. The second-order valence-electron chi connectivity index (χ2n) is 5.39. The van der Waals surface area contributed by atoms with Gasteiger partial charge in [0.15, 0.2) is 5.82 Å². The second-order valence-corrected chi connectivity index (χ2v) is 5.39. The molecule has 0 saturated carbocycles. The molecule has 3 aromatic rings. The molecule has 0 unspecified atom stereocenters. The molecule has 0 radical (unpaired) electrons. The van der Waals surface area contributed by atoms with Crippen molar-refractivity contribution in [2.24, 2.45) is 11.5 Å². The van der Waals surface area contributed by atoms with E-state index in [1.165, 1.54) is 23.0 Å². The molecular weight excluding hydrogens is 344 g/mol. The number of rotatable bonds is 4. The lowest BCUT2D eigenvalue weighted by molar-refractivity contribution is 0.100. The van der Waals surface area contributed by atoms with Crippen molar-refractivity contribution in [2.45, 2.75) is 0 Å². The molecule has 1 aromatic heterocycles. The Hall–Kier alpha value is -3.75. The van der Waals surface area contributed by atoms with Crippen LogP contribution < -0.4 is 16.8 Å². The summed E-state index contributed by atoms with van der Waals surface area (Å²) in [6.07, 6.45) is 1.34. The standard InChI is InChI=1S/C17H13F2N5O2/c18-11-5-10(6-12(19)7-11)9-1-3-13(4-2-9)24-8-14(15(20)25)16(23-24)22-17(21)26/h1-8H,(H2,20,25)(H3,21,22,23,26). The fourth-order valence-corrected chi connectivity index (χ4v) is 2.42. The van der Waals surface area contributed by atoms with Crippen molar-refractivity contribution in [3.8, 4) is 16.8 Å². The Morgan fingerprint density at radius 2 is 1.58 bits per heavy atom. The number of hydrogen-bond acceptors (Lipinski definition) is 3. The van der Waals surface area contributed by atoms with Crippen LogP contribution in [0.2, 0.25) is 0 Å². The molecule has 2 aromatic carbocycles. The van der Waals surface area contributed by atoms with E-state index in [0.717, 1.165) is 6.07 Å². The molecule has 0 saturated heterocycles. The summed E-state index contributed by atoms with van der Waals surface area (Å²) in [5, 5.41) is 6.27. The van der Waals surface area contributed by atoms with E-state index in [1.54, 1.807) is 24.3 Å². The smallest absolute Gasteiger partial charge is 0.317 e. The maximum Gasteiger partial charge on any atom is 0.317 e. The van der Waals surface area contributed by atoms with Gasteiger partial charge in [-0.1, -0.05) is 12.1 Å². The van der Waals surface area contributed by atoms with Gasteiger partial charge in [-0.3, -0.25) is 10.1 Å². The lowest BCUT2D eigenvalue weighted by Gasteiger charge is -2.05. The van der Waals surface area contributed by atoms with Crippen LogP contribution in [0.15, 0.2) is 48.7 Å². The van der Waals surface area contributed by atoms with Crippen molar-refractivity contribution in [1.82, 2.24) is 9.78 Å². The Morgan fingerprint density at radius 1 is 0.962 bits per heavy atom. The Kier molecular flexibility index (Phi) is 4.36. The van der Waals surface area contributed by atoms with Crippen LogP contribution >= 0.6 is 0 Å². The number of urea groups is 1. The molecule has 1 heterocycles. The van der Waals surface area contributed by atoms with Crippen LogP contribution in [-0.4, -0.2) is 21.7 Å². The third kappa shape index (κ3) is 3.51. The number of amides is 3. The Labute approximate surface area is 146 Å². The van der Waals surface area contributed by atoms with Gasteiger partial charge >= 0.3 is 6.03 Å². The lowest BCUT2D eigenvalue weighted by atomic mass is 10.1. The lowest BCUT2D eigenvalue weighted by Crippen LogP contribution is -2.22. The zero-order chi connectivity index (χ0) is 18.8. The van der Waals surface area contributed by atoms with E-state index < -0.39 is 23.6 Å². The molecule has 0 atom stereocenters. The number of aromatic nitrogens is 2. The summed E-state index contributed by atoms with van der Waals surface area (Å²) in [6.45, 7) is 0. The van der Waals surface area contributed by atoms with Crippen LogP contribution in [0, 0.1) is 11.6 Å². The SMILES string of the molecule is NC(=O)Nc1nn(-c2ccc(-c3cc(F)cc(F)c3)cc2)cc1C(N)=O. The van der Waals surface area contributed by atoms with Crippen LogP contribution in [-0.2, 0) is 0 Å². The van der Waals surface area contributed by atoms with Crippen molar-refractivity contribution in [3.05, 3.63) is 65.9 Å². The summed E-state index contributed by atoms with van der Waals surface area (Å²) >= 11 is 0. The van der Waals surface area contributed by atoms with Gasteiger partial charge in [-0.2, -0.15) is 0 Å². The molecule has 3 rings (SSSR count). The molecule has 0 bridgehead atoms. The van der Waals surface area contributed by atoms with E-state index in [4.69, 9.17) is 11.5 Å². The Morgan fingerprint density at radius 3 is 2.12 bits per heavy atom. The molecule has 9 heteroatoms. The summed E-state index contributed by atoms with van der Waals surface area (Å²) < 4.78 is 28.0. The first-order chi connectivity index (χ1) is 12.3. The molecule has 7 nitrogen and oxygen atoms in total. The summed E-state index contributed by atoms with van der Waals surface area (Å²) in [6, 6.07) is 8.86. The van der Waals surface area contributed by atoms with Crippen LogP contribution in [0.3, 0.4) is 0 Å². The minimum atomic E-state index is -0.888. The van der Waals surface area contributed by atoms with Gasteiger partial charge in [-0.05, 0) is 35.4 Å². The highest BCUT2D eigenvalue weighted by molar-refractivity contribution is 6.01. The number of nitrogens with zero attached hydrogens (tertiary/aromatic N) is 2. The van der Waals surface area contributed by atoms with E-state index >= 15 is 0 Å². The third-order valence-electron chi connectivity index (χ3n) is 3.55. The highest BCUT2D eigenvalue weighted by Gasteiger charge is 2.16. The molecule has 0 spiro atoms. The van der Waals surface area contributed by atoms with Crippen molar-refractivity contribution >= 4 is 17.8 Å². The summed E-state index contributed by atoms with van der Waals surface area (Å²) in [4.78, 5) is 22.5. The van der Waals surface area contributed by atoms with Gasteiger partial charge in [0.05, 0.1) is 5.69 Å². The molecule has 132 valence electrons. The number of carbonyl (C=O) groups is 2. The fourth-order valence-electron chi connectivity index (χ4n) is 2.42. The Bertz CT molecular complexity index is 979. The van der Waals surface area contributed by atoms with E-state index in [9.17, 15) is 18.4 Å². The van der Waals surface area contributed by atoms with E-state index in [2.05, 4.69) is 10.4 Å². The van der Waals surface area contributed by atoms with Crippen LogP contribution in [0.5, 0.6) is 0 Å². The van der Waals surface area contributed by atoms with Gasteiger partial charge in [0.1, 0.15) is 17.2 Å². The normalized spacial score (nSPS) is 10.5. The highest BCUT2D eigenvalue weighted by atomic mass is 19.1. The van der Waals surface area contributed by atoms with Crippen LogP contribution in [0.1, 0.15) is 10.4 Å². The van der Waals surface area contributed by atoms with Crippen molar-refractivity contribution < 1.29 is 18.4 Å². The number of carbonyl (C=O) groups excluding carboxylic acids is 2. The van der Waals surface area contributed by atoms with Gasteiger partial charge in [-0.25, -0.2) is 18.3 Å². The molecule has 0 fully saturated rings. The van der Waals surface area contributed by atoms with Crippen molar-refractivity contribution in [2.75, 3.05) is 5.32 Å². The van der Waals surface area contributed by atoms with Gasteiger partial charge in [0, 0.05) is 12.3 Å². The first kappa shape index (κ1) is 17.1. The molecule has 0 aliphatic heterocycles. The first-order valence-electron chi connectivity index (χ1n) is 7.36. The average molecular weight is 357 g/mol. The minimum absolute atomic E-state index is 0.0138. The third-order valence-corrected chi connectivity index (χ3v) is 3.55. The fraction of sp³-hybridized carbons (Fsp3) is 0. The van der Waals surface area contributed by atoms with Gasteiger partial charge in [0.2, 0.25) is 0 Å². The number of hydrogen-bond donors (Lipinski definition) is 3. The molecule has 3 amide bonds. The number of benzene rings is 2. The number of primary amides is 2. The average Bonchev–Trinajstić information content (AvgIpc) is 2.97. The van der Waals surface area contributed by atoms with E-state index in [0.29, 0.717) is 16.8 Å². The summed E-state index contributed by atoms with van der Waals surface area (Å²) in [5.74, 6) is -2.21. The number of anilines is 1. The molecule has 5 N–H and O–H groups in total. The topological polar surface area (TPSA) is 116 Å². The molecule has 26 heavy (non-hydrogen) atoms. The van der Waals surface area contributed by atoms with Crippen LogP contribution in [0.4, 0.5) is 19.4 Å². The maximum absolute atomic E-state index is 13.3. The quantitative estimate of drug-likeness (QED) is 0.666. The summed E-state index contributed by atoms with van der Waals surface area (Å²) in [5.41, 5.74) is 11.8. The van der Waals surface area contributed by atoms with Crippen molar-refractivity contribution in [1.29, 1.82) is 0 Å². The molecular formula is C17H13F2N5O2. The first-order valence-corrected chi connectivity index (χ1v) is 7.36. The molecule has 0 aliphatic rings. The Balaban J connectivity index is 1.96. The zero-order valence-corrected chi connectivity index (χ0v) is 13.2. The monoisotopic (exact) mass is 357 g/mol. The van der Waals surface area contributed by atoms with Crippen molar-refractivity contribution in [3.63, 3.8) is 0 Å². The van der Waals surface area contributed by atoms with E-state index in [1.807, 2.05) is 0 Å². The summed E-state index contributed by atoms with van der Waals surface area (Å²) in [7, 11) is 0. The van der Waals surface area contributed by atoms with Crippen LogP contribution in [0.25, 0.3) is 16.8 Å². The van der Waals surface area contributed by atoms with Gasteiger partial charge in [-0.15, -0.1) is 5.10 Å². The highest BCUT2D eigenvalue weighted by Crippen LogP contribution is 2.24. The van der Waals surface area contributed by atoms with Gasteiger partial charge in [0.25, 0.3) is 5.91 Å².